The van der Waals surface area contributed by atoms with Crippen LogP contribution in [0.2, 0.25) is 0 Å². The first-order valence-electron chi connectivity index (χ1n) is 8.99. The molecule has 0 aromatic heterocycles. The molecular weight excluding hydrogens is 393 g/mol. The fourth-order valence-corrected chi connectivity index (χ4v) is 3.56. The summed E-state index contributed by atoms with van der Waals surface area (Å²) in [6.07, 6.45) is 0.0206. The fourth-order valence-electron chi connectivity index (χ4n) is 3.56. The van der Waals surface area contributed by atoms with Crippen LogP contribution in [0.3, 0.4) is 0 Å². The predicted octanol–water partition coefficient (Wildman–Crippen LogP) is 5.73. The van der Waals surface area contributed by atoms with Crippen molar-refractivity contribution in [2.24, 2.45) is 0 Å². The number of ether oxygens (including phenoxy) is 1. The van der Waals surface area contributed by atoms with Crippen LogP contribution in [-0.4, -0.2) is 19.2 Å². The van der Waals surface area contributed by atoms with Crippen molar-refractivity contribution in [2.45, 2.75) is 18.9 Å². The van der Waals surface area contributed by atoms with Crippen molar-refractivity contribution in [3.05, 3.63) is 65.5 Å². The summed E-state index contributed by atoms with van der Waals surface area (Å²) in [5.41, 5.74) is 0.398. The Kier molecular flexibility index (Phi) is 4.94. The Balaban J connectivity index is 1.61. The van der Waals surface area contributed by atoms with Crippen molar-refractivity contribution >= 4 is 16.5 Å². The standard InChI is InChI=1S/C21H15F5NO2/c22-16-17(23)19(25)21(20(26)18(16)24)29-13-6-3-7-27(10-13)14-8-11-4-1-2-5-12(11)9-15(14)28/h1-2,4-5,8-9,13H,3,6-7,10H2. The first-order valence-corrected chi connectivity index (χ1v) is 8.99. The topological polar surface area (TPSA) is 32.4 Å². The van der Waals surface area contributed by atoms with Gasteiger partial charge in [0.15, 0.2) is 5.75 Å². The Hall–Kier alpha value is -3.03. The van der Waals surface area contributed by atoms with Gasteiger partial charge in [-0.15, -0.1) is 0 Å². The molecule has 1 heterocycles. The second-order valence-corrected chi connectivity index (χ2v) is 6.89. The summed E-state index contributed by atoms with van der Waals surface area (Å²) in [4.78, 5) is 1.70. The molecule has 4 rings (SSSR count). The lowest BCUT2D eigenvalue weighted by molar-refractivity contribution is 0.157. The first kappa shape index (κ1) is 19.3. The molecular formula is C21H15F5NO2. The molecule has 1 atom stereocenters. The molecule has 1 saturated heterocycles. The molecule has 1 fully saturated rings. The van der Waals surface area contributed by atoms with Crippen LogP contribution in [0.25, 0.3) is 10.8 Å². The maximum atomic E-state index is 13.9. The van der Waals surface area contributed by atoms with E-state index in [0.717, 1.165) is 10.8 Å². The smallest absolute Gasteiger partial charge is 0.207 e. The van der Waals surface area contributed by atoms with Gasteiger partial charge in [-0.2, -0.15) is 8.78 Å². The molecule has 1 aliphatic rings. The Labute approximate surface area is 162 Å². The number of hydrogen-bond acceptors (Lipinski definition) is 2. The van der Waals surface area contributed by atoms with E-state index in [1.165, 1.54) is 6.07 Å². The highest BCUT2D eigenvalue weighted by Gasteiger charge is 2.31. The van der Waals surface area contributed by atoms with Gasteiger partial charge in [-0.3, -0.25) is 5.11 Å². The maximum Gasteiger partial charge on any atom is 0.207 e. The van der Waals surface area contributed by atoms with Crippen LogP contribution in [0.4, 0.5) is 27.6 Å². The Morgan fingerprint density at radius 1 is 0.862 bits per heavy atom. The number of piperidine rings is 1. The van der Waals surface area contributed by atoms with Crippen molar-refractivity contribution in [1.82, 2.24) is 0 Å². The van der Waals surface area contributed by atoms with Crippen LogP contribution in [0.15, 0.2) is 36.4 Å². The molecule has 0 spiro atoms. The van der Waals surface area contributed by atoms with Gasteiger partial charge in [0, 0.05) is 6.54 Å². The molecule has 0 aliphatic carbocycles. The average molecular weight is 408 g/mol. The van der Waals surface area contributed by atoms with Crippen LogP contribution in [0.5, 0.6) is 11.5 Å². The summed E-state index contributed by atoms with van der Waals surface area (Å²) >= 11 is 0. The van der Waals surface area contributed by atoms with E-state index in [1.54, 1.807) is 11.0 Å². The summed E-state index contributed by atoms with van der Waals surface area (Å²) in [6, 6.07) is 10.5. The van der Waals surface area contributed by atoms with E-state index in [9.17, 15) is 27.1 Å². The number of nitrogens with zero attached hydrogens (tertiary/aromatic N) is 1. The predicted molar refractivity (Wildman–Crippen MR) is 96.2 cm³/mol. The zero-order valence-corrected chi connectivity index (χ0v) is 15.0. The third-order valence-electron chi connectivity index (χ3n) is 5.00. The number of rotatable bonds is 3. The van der Waals surface area contributed by atoms with E-state index in [4.69, 9.17) is 4.74 Å². The third-order valence-corrected chi connectivity index (χ3v) is 5.00. The van der Waals surface area contributed by atoms with Crippen LogP contribution in [0.1, 0.15) is 12.8 Å². The second-order valence-electron chi connectivity index (χ2n) is 6.89. The SMILES string of the molecule is [O]c1cc2ccccc2cc1N1CCCC(Oc2c(F)c(F)c(F)c(F)c2F)C1. The zero-order chi connectivity index (χ0) is 20.7. The van der Waals surface area contributed by atoms with Gasteiger partial charge in [-0.05, 0) is 35.7 Å². The molecule has 1 unspecified atom stereocenters. The van der Waals surface area contributed by atoms with Gasteiger partial charge in [-0.1, -0.05) is 24.3 Å². The number of anilines is 1. The summed E-state index contributed by atoms with van der Waals surface area (Å²) in [5.74, 6) is -11.9. The van der Waals surface area contributed by atoms with Gasteiger partial charge < -0.3 is 9.64 Å². The summed E-state index contributed by atoms with van der Waals surface area (Å²) in [6.45, 7) is 0.581. The zero-order valence-electron chi connectivity index (χ0n) is 15.0. The first-order chi connectivity index (χ1) is 13.9. The number of hydrogen-bond donors (Lipinski definition) is 0. The molecule has 0 N–H and O–H groups in total. The molecule has 3 aromatic carbocycles. The lowest BCUT2D eigenvalue weighted by Crippen LogP contribution is -2.41. The molecule has 1 radical (unpaired) electrons. The largest absolute Gasteiger partial charge is 0.482 e. The van der Waals surface area contributed by atoms with Gasteiger partial charge in [0.05, 0.1) is 12.2 Å². The summed E-state index contributed by atoms with van der Waals surface area (Å²) < 4.78 is 73.0. The average Bonchev–Trinajstić information content (AvgIpc) is 2.73. The Morgan fingerprint density at radius 3 is 2.10 bits per heavy atom. The van der Waals surface area contributed by atoms with Gasteiger partial charge in [0.2, 0.25) is 34.8 Å². The van der Waals surface area contributed by atoms with E-state index in [0.29, 0.717) is 25.1 Å². The third kappa shape index (κ3) is 3.43. The van der Waals surface area contributed by atoms with Crippen molar-refractivity contribution in [1.29, 1.82) is 0 Å². The van der Waals surface area contributed by atoms with Gasteiger partial charge in [0.25, 0.3) is 0 Å². The minimum absolute atomic E-state index is 0.0765. The molecule has 0 amide bonds. The lowest BCUT2D eigenvalue weighted by Gasteiger charge is -2.34. The van der Waals surface area contributed by atoms with E-state index >= 15 is 0 Å². The number of halogens is 5. The second kappa shape index (κ2) is 7.42. The number of fused-ring (bicyclic) bond motifs is 1. The highest BCUT2D eigenvalue weighted by Crippen LogP contribution is 2.36. The van der Waals surface area contributed by atoms with Crippen LogP contribution < -0.4 is 9.64 Å². The minimum atomic E-state index is -2.23. The van der Waals surface area contributed by atoms with E-state index in [1.807, 2.05) is 24.3 Å². The molecule has 0 saturated carbocycles. The van der Waals surface area contributed by atoms with Crippen LogP contribution >= 0.6 is 0 Å². The maximum absolute atomic E-state index is 13.9. The highest BCUT2D eigenvalue weighted by atomic mass is 19.2. The molecule has 151 valence electrons. The Bertz CT molecular complexity index is 1060. The van der Waals surface area contributed by atoms with Gasteiger partial charge >= 0.3 is 0 Å². The molecule has 3 aromatic rings. The number of benzene rings is 3. The molecule has 0 bridgehead atoms. The van der Waals surface area contributed by atoms with E-state index < -0.39 is 40.9 Å². The van der Waals surface area contributed by atoms with Gasteiger partial charge in [-0.25, -0.2) is 13.2 Å². The van der Waals surface area contributed by atoms with E-state index in [-0.39, 0.29) is 12.3 Å². The summed E-state index contributed by atoms with van der Waals surface area (Å²) in [7, 11) is 0. The normalized spacial score (nSPS) is 17.0. The van der Waals surface area contributed by atoms with Crippen molar-refractivity contribution in [3.8, 4) is 11.5 Å². The van der Waals surface area contributed by atoms with Crippen molar-refractivity contribution in [3.63, 3.8) is 0 Å². The minimum Gasteiger partial charge on any atom is -0.482 e. The Morgan fingerprint density at radius 2 is 1.45 bits per heavy atom. The quantitative estimate of drug-likeness (QED) is 0.315. The van der Waals surface area contributed by atoms with Crippen LogP contribution in [-0.2, 0) is 5.11 Å². The van der Waals surface area contributed by atoms with Crippen molar-refractivity contribution in [2.75, 3.05) is 18.0 Å². The highest BCUT2D eigenvalue weighted by molar-refractivity contribution is 5.88. The van der Waals surface area contributed by atoms with Gasteiger partial charge in [0.1, 0.15) is 6.10 Å². The molecule has 1 aliphatic heterocycles. The molecule has 3 nitrogen and oxygen atoms in total. The van der Waals surface area contributed by atoms with E-state index in [2.05, 4.69) is 0 Å². The summed E-state index contributed by atoms with van der Waals surface area (Å²) in [5, 5.41) is 14.1. The van der Waals surface area contributed by atoms with Crippen LogP contribution in [0, 0.1) is 29.1 Å². The fraction of sp³-hybridized carbons (Fsp3) is 0.238. The molecule has 29 heavy (non-hydrogen) atoms. The molecule has 8 heteroatoms. The lowest BCUT2D eigenvalue weighted by atomic mass is 10.0. The van der Waals surface area contributed by atoms with Crippen molar-refractivity contribution < 1.29 is 31.8 Å². The monoisotopic (exact) mass is 408 g/mol.